The average molecular weight is 284 g/mol. The van der Waals surface area contributed by atoms with Crippen molar-refractivity contribution in [2.75, 3.05) is 0 Å². The quantitative estimate of drug-likeness (QED) is 0.698. The summed E-state index contributed by atoms with van der Waals surface area (Å²) in [6, 6.07) is 0. The number of nitrogens with zero attached hydrogens (tertiary/aromatic N) is 1. The van der Waals surface area contributed by atoms with Crippen molar-refractivity contribution >= 4 is 18.0 Å². The predicted octanol–water partition coefficient (Wildman–Crippen LogP) is 4.69. The van der Waals surface area contributed by atoms with Crippen LogP contribution in [-0.2, 0) is 0 Å². The fourth-order valence-corrected chi connectivity index (χ4v) is 2.71. The topological polar surface area (TPSA) is 24.4 Å². The predicted molar refractivity (Wildman–Crippen MR) is 90.3 cm³/mol. The second-order valence-electron chi connectivity index (χ2n) is 5.02. The second kappa shape index (κ2) is 6.62. The Hall–Kier alpha value is -1.74. The van der Waals surface area contributed by atoms with Crippen LogP contribution in [0.2, 0.25) is 0 Å². The van der Waals surface area contributed by atoms with Crippen LogP contribution in [0.3, 0.4) is 0 Å². The van der Waals surface area contributed by atoms with Crippen molar-refractivity contribution in [3.05, 3.63) is 70.4 Å². The first-order valence-electron chi connectivity index (χ1n) is 6.68. The van der Waals surface area contributed by atoms with E-state index >= 15 is 0 Å². The van der Waals surface area contributed by atoms with Crippen molar-refractivity contribution in [3.8, 4) is 0 Å². The van der Waals surface area contributed by atoms with E-state index in [1.165, 1.54) is 0 Å². The van der Waals surface area contributed by atoms with Crippen LogP contribution >= 0.6 is 11.8 Å². The number of hydrogen-bond acceptors (Lipinski definition) is 3. The normalized spacial score (nSPS) is 33.1. The van der Waals surface area contributed by atoms with Gasteiger partial charge >= 0.3 is 0 Å². The molecule has 2 heterocycles. The summed E-state index contributed by atoms with van der Waals surface area (Å²) in [7, 11) is 0. The molecular weight excluding hydrogens is 264 g/mol. The first kappa shape index (κ1) is 14.7. The Morgan fingerprint density at radius 2 is 2.05 bits per heavy atom. The van der Waals surface area contributed by atoms with Crippen molar-refractivity contribution in [2.45, 2.75) is 20.3 Å². The van der Waals surface area contributed by atoms with Crippen LogP contribution in [0.4, 0.5) is 0 Å². The molecule has 20 heavy (non-hydrogen) atoms. The number of aliphatic imine (C=N–C) groups is 1. The van der Waals surface area contributed by atoms with E-state index in [1.807, 2.05) is 25.3 Å². The molecule has 0 aromatic rings. The molecule has 0 spiro atoms. The fraction of sp³-hybridized carbons (Fsp3) is 0.235. The van der Waals surface area contributed by atoms with Crippen molar-refractivity contribution < 1.29 is 0 Å². The lowest BCUT2D eigenvalue weighted by Crippen LogP contribution is -2.12. The summed E-state index contributed by atoms with van der Waals surface area (Å²) in [6.45, 7) is 12.3. The maximum Gasteiger partial charge on any atom is 0.0871 e. The van der Waals surface area contributed by atoms with Gasteiger partial charge in [-0.1, -0.05) is 44.0 Å². The number of fused-ring (bicyclic) bond motifs is 1. The lowest BCUT2D eigenvalue weighted by Gasteiger charge is -2.11. The summed E-state index contributed by atoms with van der Waals surface area (Å²) >= 11 is 1.57. The smallest absolute Gasteiger partial charge is 0.0871 e. The molecule has 3 heteroatoms. The molecule has 1 atom stereocenters. The van der Waals surface area contributed by atoms with E-state index in [1.54, 1.807) is 11.8 Å². The summed E-state index contributed by atoms with van der Waals surface area (Å²) in [6.07, 6.45) is 13.3. The maximum atomic E-state index is 4.63. The Morgan fingerprint density at radius 1 is 1.30 bits per heavy atom. The zero-order chi connectivity index (χ0) is 14.5. The average Bonchev–Trinajstić information content (AvgIpc) is 2.46. The molecule has 0 aromatic heterocycles. The summed E-state index contributed by atoms with van der Waals surface area (Å²) in [5.74, 6) is 0.431. The highest BCUT2D eigenvalue weighted by Gasteiger charge is 2.10. The summed E-state index contributed by atoms with van der Waals surface area (Å²) in [4.78, 5) is 6.54. The summed E-state index contributed by atoms with van der Waals surface area (Å²) in [5.41, 5.74) is 2.94. The molecule has 0 bridgehead atoms. The molecule has 0 saturated carbocycles. The molecule has 1 unspecified atom stereocenters. The van der Waals surface area contributed by atoms with Crippen LogP contribution in [0.1, 0.15) is 20.3 Å². The number of rotatable bonds is 0. The summed E-state index contributed by atoms with van der Waals surface area (Å²) in [5, 5.41) is 3.40. The minimum atomic E-state index is 0.431. The monoisotopic (exact) mass is 284 g/mol. The molecule has 104 valence electrons. The van der Waals surface area contributed by atoms with Crippen molar-refractivity contribution in [3.63, 3.8) is 0 Å². The standard InChI is InChI=1S/C17H20N2S/c1-12-7-5-6-8-16-17(18-11-12)10-15(4)20-14(3)9-13(2)19-16/h5-6,8-12,19H,3-4,7H2,1-2H3/b6-5+,13-9+,16-8+,17-10+,18-11?. The van der Waals surface area contributed by atoms with E-state index in [0.717, 1.165) is 33.3 Å². The number of nitrogens with one attached hydrogen (secondary N) is 1. The van der Waals surface area contributed by atoms with Crippen LogP contribution in [0.15, 0.2) is 75.4 Å². The minimum Gasteiger partial charge on any atom is -0.357 e. The maximum absolute atomic E-state index is 4.63. The zero-order valence-electron chi connectivity index (χ0n) is 12.0. The second-order valence-corrected chi connectivity index (χ2v) is 6.27. The van der Waals surface area contributed by atoms with Gasteiger partial charge in [-0.3, -0.25) is 4.99 Å². The number of hydrogen-bond donors (Lipinski definition) is 1. The molecule has 2 nitrogen and oxygen atoms in total. The van der Waals surface area contributed by atoms with E-state index in [-0.39, 0.29) is 0 Å². The third-order valence-electron chi connectivity index (χ3n) is 2.92. The third kappa shape index (κ3) is 4.14. The molecule has 2 rings (SSSR count). The van der Waals surface area contributed by atoms with Gasteiger partial charge in [0.05, 0.1) is 11.4 Å². The molecule has 2 aliphatic heterocycles. The van der Waals surface area contributed by atoms with Gasteiger partial charge in [0.25, 0.3) is 0 Å². The molecule has 2 aliphatic rings. The highest BCUT2D eigenvalue weighted by molar-refractivity contribution is 8.07. The third-order valence-corrected chi connectivity index (χ3v) is 3.68. The SMILES string of the molecule is C=C1/C=C(\C)N/C2=C/C=C/CC(C)C=N\C2=C\C(=C)S1. The Labute approximate surface area is 125 Å². The molecular formula is C17H20N2S. The van der Waals surface area contributed by atoms with Gasteiger partial charge in [-0.2, -0.15) is 0 Å². The largest absolute Gasteiger partial charge is 0.357 e. The Bertz CT molecular complexity index is 574. The molecule has 0 saturated heterocycles. The molecule has 0 amide bonds. The van der Waals surface area contributed by atoms with Crippen LogP contribution < -0.4 is 5.32 Å². The Kier molecular flexibility index (Phi) is 4.85. The first-order chi connectivity index (χ1) is 9.54. The fourth-order valence-electron chi connectivity index (χ4n) is 1.97. The molecule has 0 aromatic carbocycles. The molecule has 1 N–H and O–H groups in total. The van der Waals surface area contributed by atoms with Crippen LogP contribution in [-0.4, -0.2) is 6.21 Å². The Balaban J connectivity index is 2.47. The van der Waals surface area contributed by atoms with Gasteiger partial charge in [0.15, 0.2) is 0 Å². The van der Waals surface area contributed by atoms with E-state index in [0.29, 0.717) is 5.92 Å². The van der Waals surface area contributed by atoms with Gasteiger partial charge in [0.1, 0.15) is 0 Å². The van der Waals surface area contributed by atoms with Gasteiger partial charge in [-0.15, -0.1) is 0 Å². The van der Waals surface area contributed by atoms with E-state index in [2.05, 4.69) is 48.6 Å². The lowest BCUT2D eigenvalue weighted by atomic mass is 10.1. The van der Waals surface area contributed by atoms with Gasteiger partial charge in [-0.05, 0) is 37.5 Å². The van der Waals surface area contributed by atoms with E-state index in [4.69, 9.17) is 0 Å². The van der Waals surface area contributed by atoms with E-state index < -0.39 is 0 Å². The van der Waals surface area contributed by atoms with Crippen molar-refractivity contribution in [1.82, 2.24) is 5.32 Å². The molecule has 0 radical (unpaired) electrons. The molecule has 0 fully saturated rings. The summed E-state index contributed by atoms with van der Waals surface area (Å²) < 4.78 is 0. The van der Waals surface area contributed by atoms with Gasteiger partial charge < -0.3 is 5.32 Å². The Morgan fingerprint density at radius 3 is 2.85 bits per heavy atom. The van der Waals surface area contributed by atoms with Crippen LogP contribution in [0, 0.1) is 5.92 Å². The van der Waals surface area contributed by atoms with Crippen LogP contribution in [0.25, 0.3) is 0 Å². The van der Waals surface area contributed by atoms with Crippen molar-refractivity contribution in [2.24, 2.45) is 10.9 Å². The lowest BCUT2D eigenvalue weighted by molar-refractivity contribution is 0.807. The highest BCUT2D eigenvalue weighted by Crippen LogP contribution is 2.29. The first-order valence-corrected chi connectivity index (χ1v) is 7.50. The van der Waals surface area contributed by atoms with Crippen molar-refractivity contribution in [1.29, 1.82) is 0 Å². The van der Waals surface area contributed by atoms with Gasteiger partial charge in [0, 0.05) is 21.7 Å². The molecule has 0 aliphatic carbocycles. The van der Waals surface area contributed by atoms with Gasteiger partial charge in [0.2, 0.25) is 0 Å². The van der Waals surface area contributed by atoms with Crippen LogP contribution in [0.5, 0.6) is 0 Å². The minimum absolute atomic E-state index is 0.431. The van der Waals surface area contributed by atoms with Gasteiger partial charge in [-0.25, -0.2) is 0 Å². The zero-order valence-corrected chi connectivity index (χ0v) is 12.8. The number of thioether (sulfide) groups is 1. The highest BCUT2D eigenvalue weighted by atomic mass is 32.2. The number of allylic oxidation sites excluding steroid dienone is 6. The van der Waals surface area contributed by atoms with E-state index in [9.17, 15) is 0 Å².